The molecule has 7 nitrogen and oxygen atoms in total. The maximum atomic E-state index is 12.6. The van der Waals surface area contributed by atoms with Crippen molar-refractivity contribution in [3.63, 3.8) is 0 Å². The van der Waals surface area contributed by atoms with E-state index in [1.807, 2.05) is 13.8 Å². The highest BCUT2D eigenvalue weighted by Gasteiger charge is 2.32. The van der Waals surface area contributed by atoms with E-state index in [0.29, 0.717) is 17.8 Å². The Balaban J connectivity index is 2.22. The van der Waals surface area contributed by atoms with Gasteiger partial charge in [0.2, 0.25) is 5.91 Å². The number of anilines is 2. The third-order valence-corrected chi connectivity index (χ3v) is 3.96. The van der Waals surface area contributed by atoms with Crippen LogP contribution in [-0.4, -0.2) is 37.6 Å². The minimum absolute atomic E-state index is 0.0831. The highest BCUT2D eigenvalue weighted by molar-refractivity contribution is 6.09. The molecule has 1 aromatic rings. The van der Waals surface area contributed by atoms with Crippen molar-refractivity contribution in [3.8, 4) is 0 Å². The number of para-hydroxylation sites is 2. The van der Waals surface area contributed by atoms with Gasteiger partial charge in [0, 0.05) is 0 Å². The second-order valence-corrected chi connectivity index (χ2v) is 5.49. The number of ether oxygens (including phenoxy) is 1. The van der Waals surface area contributed by atoms with E-state index in [1.165, 1.54) is 12.0 Å². The molecule has 0 saturated heterocycles. The molecule has 2 rings (SSSR count). The molecule has 2 N–H and O–H groups in total. The Labute approximate surface area is 135 Å². The number of nitrogens with one attached hydrogen (secondary N) is 2. The number of fused-ring (bicyclic) bond motifs is 1. The maximum absolute atomic E-state index is 12.6. The zero-order valence-corrected chi connectivity index (χ0v) is 13.5. The van der Waals surface area contributed by atoms with Crippen molar-refractivity contribution in [2.75, 3.05) is 23.9 Å². The average Bonchev–Trinajstić information content (AvgIpc) is 2.57. The first-order valence-electron chi connectivity index (χ1n) is 7.52. The molecular weight excluding hydrogens is 298 g/mol. The fourth-order valence-corrected chi connectivity index (χ4v) is 2.42. The van der Waals surface area contributed by atoms with Crippen LogP contribution in [0.4, 0.5) is 16.2 Å². The molecule has 0 aliphatic carbocycles. The van der Waals surface area contributed by atoms with Gasteiger partial charge in [-0.3, -0.25) is 9.69 Å². The summed E-state index contributed by atoms with van der Waals surface area (Å²) >= 11 is 0. The molecule has 2 atom stereocenters. The van der Waals surface area contributed by atoms with Crippen molar-refractivity contribution in [1.82, 2.24) is 5.32 Å². The molecule has 1 aliphatic rings. The quantitative estimate of drug-likeness (QED) is 0.828. The lowest BCUT2D eigenvalue weighted by atomic mass is 9.99. The van der Waals surface area contributed by atoms with E-state index < -0.39 is 18.0 Å². The first kappa shape index (κ1) is 16.8. The number of benzene rings is 1. The van der Waals surface area contributed by atoms with Crippen molar-refractivity contribution in [3.05, 3.63) is 24.3 Å². The second kappa shape index (κ2) is 7.13. The molecule has 0 bridgehead atoms. The first-order chi connectivity index (χ1) is 11.0. The molecule has 0 radical (unpaired) electrons. The van der Waals surface area contributed by atoms with Crippen LogP contribution in [0.1, 0.15) is 20.3 Å². The van der Waals surface area contributed by atoms with Gasteiger partial charge in [0.1, 0.15) is 12.6 Å². The molecule has 3 amide bonds. The van der Waals surface area contributed by atoms with Gasteiger partial charge < -0.3 is 15.4 Å². The predicted octanol–water partition coefficient (Wildman–Crippen LogP) is 1.74. The average molecular weight is 319 g/mol. The molecule has 0 saturated carbocycles. The monoisotopic (exact) mass is 319 g/mol. The molecule has 124 valence electrons. The molecule has 1 unspecified atom stereocenters. The number of amides is 3. The minimum Gasteiger partial charge on any atom is -0.467 e. The Morgan fingerprint density at radius 1 is 1.39 bits per heavy atom. The van der Waals surface area contributed by atoms with Gasteiger partial charge in [0.05, 0.1) is 18.5 Å². The maximum Gasteiger partial charge on any atom is 0.328 e. The number of hydrogen-bond donors (Lipinski definition) is 2. The summed E-state index contributed by atoms with van der Waals surface area (Å²) in [6.45, 7) is 3.69. The number of methoxy groups -OCH3 is 1. The van der Waals surface area contributed by atoms with Gasteiger partial charge >= 0.3 is 12.0 Å². The third kappa shape index (κ3) is 3.61. The lowest BCUT2D eigenvalue weighted by Crippen LogP contribution is -2.53. The smallest absolute Gasteiger partial charge is 0.328 e. The summed E-state index contributed by atoms with van der Waals surface area (Å²) in [6, 6.07) is 5.77. The van der Waals surface area contributed by atoms with Crippen LogP contribution in [0.2, 0.25) is 0 Å². The fourth-order valence-electron chi connectivity index (χ4n) is 2.42. The number of carbonyl (C=O) groups excluding carboxylic acids is 3. The lowest BCUT2D eigenvalue weighted by Gasteiger charge is -2.31. The van der Waals surface area contributed by atoms with Gasteiger partial charge in [-0.15, -0.1) is 0 Å². The Bertz CT molecular complexity index is 617. The number of urea groups is 1. The lowest BCUT2D eigenvalue weighted by molar-refractivity contribution is -0.144. The molecule has 1 heterocycles. The van der Waals surface area contributed by atoms with Crippen molar-refractivity contribution >= 4 is 29.3 Å². The molecule has 7 heteroatoms. The summed E-state index contributed by atoms with van der Waals surface area (Å²) in [4.78, 5) is 37.6. The standard InChI is InChI=1S/C16H21N3O4/c1-4-10(2)14(15(21)23-3)18-16(22)19-9-13(20)17-11-7-5-6-8-12(11)19/h5-8,10,14H,4,9H2,1-3H3,(H,17,20)(H,18,22)/t10?,14-/m1/s1. The van der Waals surface area contributed by atoms with E-state index in [9.17, 15) is 14.4 Å². The van der Waals surface area contributed by atoms with Crippen LogP contribution in [-0.2, 0) is 14.3 Å². The van der Waals surface area contributed by atoms with Crippen LogP contribution in [0.25, 0.3) is 0 Å². The molecule has 0 fully saturated rings. The van der Waals surface area contributed by atoms with Crippen molar-refractivity contribution in [1.29, 1.82) is 0 Å². The molecule has 23 heavy (non-hydrogen) atoms. The highest BCUT2D eigenvalue weighted by atomic mass is 16.5. The van der Waals surface area contributed by atoms with E-state index >= 15 is 0 Å². The largest absolute Gasteiger partial charge is 0.467 e. The summed E-state index contributed by atoms with van der Waals surface area (Å²) in [7, 11) is 1.29. The van der Waals surface area contributed by atoms with Gasteiger partial charge in [-0.25, -0.2) is 9.59 Å². The van der Waals surface area contributed by atoms with E-state index in [1.54, 1.807) is 24.3 Å². The van der Waals surface area contributed by atoms with E-state index in [-0.39, 0.29) is 18.4 Å². The highest BCUT2D eigenvalue weighted by Crippen LogP contribution is 2.29. The first-order valence-corrected chi connectivity index (χ1v) is 7.52. The zero-order chi connectivity index (χ0) is 17.0. The summed E-state index contributed by atoms with van der Waals surface area (Å²) in [5.41, 5.74) is 1.16. The van der Waals surface area contributed by atoms with Crippen molar-refractivity contribution < 1.29 is 19.1 Å². The number of rotatable bonds is 4. The van der Waals surface area contributed by atoms with Crippen LogP contribution in [0.3, 0.4) is 0 Å². The van der Waals surface area contributed by atoms with Gasteiger partial charge in [-0.05, 0) is 18.1 Å². The third-order valence-electron chi connectivity index (χ3n) is 3.96. The van der Waals surface area contributed by atoms with Crippen LogP contribution in [0.5, 0.6) is 0 Å². The van der Waals surface area contributed by atoms with E-state index in [2.05, 4.69) is 10.6 Å². The number of esters is 1. The normalized spacial score (nSPS) is 16.0. The number of carbonyl (C=O) groups is 3. The van der Waals surface area contributed by atoms with Gasteiger partial charge in [0.15, 0.2) is 0 Å². The summed E-state index contributed by atoms with van der Waals surface area (Å²) in [6.07, 6.45) is 0.705. The summed E-state index contributed by atoms with van der Waals surface area (Å²) in [5.74, 6) is -0.861. The fraction of sp³-hybridized carbons (Fsp3) is 0.438. The van der Waals surface area contributed by atoms with Crippen LogP contribution < -0.4 is 15.5 Å². The second-order valence-electron chi connectivity index (χ2n) is 5.49. The van der Waals surface area contributed by atoms with E-state index in [4.69, 9.17) is 4.74 Å². The minimum atomic E-state index is -0.755. The Kier molecular flexibility index (Phi) is 5.20. The Morgan fingerprint density at radius 3 is 2.74 bits per heavy atom. The van der Waals surface area contributed by atoms with E-state index in [0.717, 1.165) is 0 Å². The van der Waals surface area contributed by atoms with Gasteiger partial charge in [-0.1, -0.05) is 32.4 Å². The van der Waals surface area contributed by atoms with Crippen LogP contribution >= 0.6 is 0 Å². The summed E-state index contributed by atoms with van der Waals surface area (Å²) in [5, 5.41) is 5.40. The van der Waals surface area contributed by atoms with Crippen molar-refractivity contribution in [2.24, 2.45) is 5.92 Å². The Morgan fingerprint density at radius 2 is 2.09 bits per heavy atom. The van der Waals surface area contributed by atoms with Crippen molar-refractivity contribution in [2.45, 2.75) is 26.3 Å². The topological polar surface area (TPSA) is 87.7 Å². The predicted molar refractivity (Wildman–Crippen MR) is 86.2 cm³/mol. The van der Waals surface area contributed by atoms with Gasteiger partial charge in [0.25, 0.3) is 0 Å². The number of hydrogen-bond acceptors (Lipinski definition) is 4. The molecule has 0 spiro atoms. The molecular formula is C16H21N3O4. The van der Waals surface area contributed by atoms with Crippen LogP contribution in [0, 0.1) is 5.92 Å². The molecule has 1 aromatic carbocycles. The number of nitrogens with zero attached hydrogens (tertiary/aromatic N) is 1. The Hall–Kier alpha value is -2.57. The van der Waals surface area contributed by atoms with Gasteiger partial charge in [-0.2, -0.15) is 0 Å². The molecule has 0 aromatic heterocycles. The zero-order valence-electron chi connectivity index (χ0n) is 13.5. The molecule has 1 aliphatic heterocycles. The SMILES string of the molecule is CCC(C)[C@@H](NC(=O)N1CC(=O)Nc2ccccc21)C(=O)OC. The van der Waals surface area contributed by atoms with Crippen LogP contribution in [0.15, 0.2) is 24.3 Å². The summed E-state index contributed by atoms with van der Waals surface area (Å²) < 4.78 is 4.76.